The minimum absolute atomic E-state index is 0.185. The van der Waals surface area contributed by atoms with Gasteiger partial charge in [0.05, 0.1) is 0 Å². The molecule has 2 unspecified atom stereocenters. The molecule has 3 nitrogen and oxygen atoms in total. The second-order valence-electron chi connectivity index (χ2n) is 4.74. The Morgan fingerprint density at radius 1 is 0.533 bits per heavy atom. The van der Waals surface area contributed by atoms with Gasteiger partial charge in [0.25, 0.3) is 0 Å². The van der Waals surface area contributed by atoms with E-state index in [1.165, 1.54) is 51.4 Å². The van der Waals surface area contributed by atoms with Gasteiger partial charge in [-0.25, -0.2) is 0 Å². The summed E-state index contributed by atoms with van der Waals surface area (Å²) >= 11 is 0. The number of hydrogen-bond acceptors (Lipinski definition) is 3. The molecule has 0 N–H and O–H groups in total. The quantitative estimate of drug-likeness (QED) is 0.577. The van der Waals surface area contributed by atoms with Crippen molar-refractivity contribution in [3.8, 4) is 0 Å². The molecular formula is C12H22O3. The maximum atomic E-state index is 5.14. The predicted molar refractivity (Wildman–Crippen MR) is 57.0 cm³/mol. The molecule has 1 aliphatic heterocycles. The third kappa shape index (κ3) is 3.74. The summed E-state index contributed by atoms with van der Waals surface area (Å²) in [7, 11) is 0. The minimum atomic E-state index is 0.185. The van der Waals surface area contributed by atoms with Crippen molar-refractivity contribution in [1.82, 2.24) is 0 Å². The van der Waals surface area contributed by atoms with Gasteiger partial charge in [-0.2, -0.15) is 9.78 Å². The zero-order chi connectivity index (χ0) is 10.3. The Morgan fingerprint density at radius 2 is 0.933 bits per heavy atom. The van der Waals surface area contributed by atoms with Crippen molar-refractivity contribution in [2.24, 2.45) is 0 Å². The summed E-state index contributed by atoms with van der Waals surface area (Å²) < 4.78 is 0. The van der Waals surface area contributed by atoms with Crippen LogP contribution in [0.2, 0.25) is 0 Å². The Morgan fingerprint density at radius 3 is 1.40 bits per heavy atom. The molecule has 1 heterocycles. The Bertz CT molecular complexity index is 154. The van der Waals surface area contributed by atoms with Crippen LogP contribution in [-0.2, 0) is 14.8 Å². The zero-order valence-corrected chi connectivity index (χ0v) is 9.45. The monoisotopic (exact) mass is 214 g/mol. The summed E-state index contributed by atoms with van der Waals surface area (Å²) in [6, 6.07) is 0. The highest BCUT2D eigenvalue weighted by Gasteiger charge is 2.31. The number of hydrogen-bond donors (Lipinski definition) is 0. The van der Waals surface area contributed by atoms with Crippen LogP contribution in [0.1, 0.15) is 64.2 Å². The lowest BCUT2D eigenvalue weighted by atomic mass is 9.98. The van der Waals surface area contributed by atoms with Crippen LogP contribution in [0.3, 0.4) is 0 Å². The second-order valence-corrected chi connectivity index (χ2v) is 4.74. The van der Waals surface area contributed by atoms with E-state index in [1.807, 2.05) is 0 Å². The van der Waals surface area contributed by atoms with Crippen LogP contribution in [0.5, 0.6) is 0 Å². The van der Waals surface area contributed by atoms with Gasteiger partial charge in [-0.15, -0.1) is 0 Å². The molecular weight excluding hydrogens is 192 g/mol. The third-order valence-electron chi connectivity index (χ3n) is 3.47. The largest absolute Gasteiger partial charge is 0.200 e. The lowest BCUT2D eigenvalue weighted by Crippen LogP contribution is -2.22. The van der Waals surface area contributed by atoms with Crippen LogP contribution in [0, 0.1) is 0 Å². The van der Waals surface area contributed by atoms with E-state index >= 15 is 0 Å². The van der Waals surface area contributed by atoms with Gasteiger partial charge in [-0.1, -0.05) is 56.4 Å². The molecule has 15 heavy (non-hydrogen) atoms. The van der Waals surface area contributed by atoms with E-state index in [0.717, 1.165) is 12.8 Å². The fourth-order valence-corrected chi connectivity index (χ4v) is 2.47. The predicted octanol–water partition coefficient (Wildman–Crippen LogP) is 3.53. The fourth-order valence-electron chi connectivity index (χ4n) is 2.47. The highest BCUT2D eigenvalue weighted by atomic mass is 17.5. The first-order valence-electron chi connectivity index (χ1n) is 6.45. The number of rotatable bonds is 0. The molecule has 2 atom stereocenters. The van der Waals surface area contributed by atoms with E-state index in [0.29, 0.717) is 0 Å². The molecule has 1 aliphatic carbocycles. The fraction of sp³-hybridized carbons (Fsp3) is 1.00. The van der Waals surface area contributed by atoms with Gasteiger partial charge in [-0.3, -0.25) is 0 Å². The molecule has 1 saturated heterocycles. The van der Waals surface area contributed by atoms with Crippen molar-refractivity contribution in [2.75, 3.05) is 0 Å². The van der Waals surface area contributed by atoms with Crippen LogP contribution >= 0.6 is 0 Å². The highest BCUT2D eigenvalue weighted by Crippen LogP contribution is 2.25. The van der Waals surface area contributed by atoms with Crippen LogP contribution in [-0.4, -0.2) is 12.2 Å². The Kier molecular flexibility index (Phi) is 4.90. The molecule has 0 bridgehead atoms. The van der Waals surface area contributed by atoms with Gasteiger partial charge in [-0.05, 0) is 12.8 Å². The highest BCUT2D eigenvalue weighted by molar-refractivity contribution is 4.71. The summed E-state index contributed by atoms with van der Waals surface area (Å²) in [6.45, 7) is 0. The van der Waals surface area contributed by atoms with Gasteiger partial charge in [0.1, 0.15) is 12.2 Å². The maximum Gasteiger partial charge on any atom is 0.125 e. The zero-order valence-electron chi connectivity index (χ0n) is 9.45. The van der Waals surface area contributed by atoms with Gasteiger partial charge >= 0.3 is 0 Å². The molecule has 0 aromatic carbocycles. The Hall–Kier alpha value is -0.120. The van der Waals surface area contributed by atoms with Gasteiger partial charge in [0.15, 0.2) is 0 Å². The minimum Gasteiger partial charge on any atom is -0.200 e. The van der Waals surface area contributed by atoms with E-state index in [4.69, 9.17) is 9.78 Å². The smallest absolute Gasteiger partial charge is 0.125 e. The lowest BCUT2D eigenvalue weighted by Gasteiger charge is -2.14. The molecule has 3 heteroatoms. The van der Waals surface area contributed by atoms with E-state index in [-0.39, 0.29) is 12.2 Å². The molecule has 2 fully saturated rings. The van der Waals surface area contributed by atoms with Crippen molar-refractivity contribution in [3.05, 3.63) is 0 Å². The third-order valence-corrected chi connectivity index (χ3v) is 3.47. The molecule has 0 aromatic rings. The maximum absolute atomic E-state index is 5.14. The van der Waals surface area contributed by atoms with E-state index in [9.17, 15) is 0 Å². The van der Waals surface area contributed by atoms with Gasteiger partial charge < -0.3 is 0 Å². The average molecular weight is 214 g/mol. The molecule has 0 aromatic heterocycles. The first-order valence-corrected chi connectivity index (χ1v) is 6.45. The summed E-state index contributed by atoms with van der Waals surface area (Å²) in [5.74, 6) is 0. The first-order chi connectivity index (χ1) is 7.47. The molecule has 88 valence electrons. The SMILES string of the molecule is C1CCCCCC2OOOC2CCCC1. The topological polar surface area (TPSA) is 27.7 Å². The molecule has 2 rings (SSSR count). The molecule has 0 amide bonds. The Labute approximate surface area is 91.9 Å². The van der Waals surface area contributed by atoms with Crippen LogP contribution in [0.4, 0.5) is 0 Å². The summed E-state index contributed by atoms with van der Waals surface area (Å²) in [5, 5.41) is 4.65. The Balaban J connectivity index is 1.77. The average Bonchev–Trinajstić information content (AvgIpc) is 2.65. The van der Waals surface area contributed by atoms with Gasteiger partial charge in [0, 0.05) is 0 Å². The molecule has 1 saturated carbocycles. The van der Waals surface area contributed by atoms with Crippen molar-refractivity contribution < 1.29 is 14.8 Å². The van der Waals surface area contributed by atoms with Crippen molar-refractivity contribution >= 4 is 0 Å². The standard InChI is InChI=1S/C12H22O3/c1-2-4-6-8-10-12-11(13-15-14-12)9-7-5-3-1/h11-12H,1-10H2. The first kappa shape index (κ1) is 11.4. The van der Waals surface area contributed by atoms with E-state index in [1.54, 1.807) is 0 Å². The normalized spacial score (nSPS) is 35.2. The van der Waals surface area contributed by atoms with Crippen LogP contribution in [0.15, 0.2) is 0 Å². The lowest BCUT2D eigenvalue weighted by molar-refractivity contribution is -0.466. The molecule has 0 spiro atoms. The van der Waals surface area contributed by atoms with E-state index in [2.05, 4.69) is 5.04 Å². The summed E-state index contributed by atoms with van der Waals surface area (Å²) in [4.78, 5) is 10.3. The molecule has 0 radical (unpaired) electrons. The van der Waals surface area contributed by atoms with Crippen molar-refractivity contribution in [1.29, 1.82) is 0 Å². The van der Waals surface area contributed by atoms with Gasteiger partial charge in [0.2, 0.25) is 0 Å². The van der Waals surface area contributed by atoms with E-state index < -0.39 is 0 Å². The summed E-state index contributed by atoms with van der Waals surface area (Å²) in [5.41, 5.74) is 0. The second kappa shape index (κ2) is 6.46. The number of fused-ring (bicyclic) bond motifs is 1. The molecule has 2 aliphatic rings. The summed E-state index contributed by atoms with van der Waals surface area (Å²) in [6.07, 6.45) is 13.2. The van der Waals surface area contributed by atoms with Crippen molar-refractivity contribution in [3.63, 3.8) is 0 Å². The van der Waals surface area contributed by atoms with Crippen LogP contribution in [0.25, 0.3) is 0 Å². The van der Waals surface area contributed by atoms with Crippen molar-refractivity contribution in [2.45, 2.75) is 76.4 Å². The van der Waals surface area contributed by atoms with Crippen LogP contribution < -0.4 is 0 Å².